The highest BCUT2D eigenvalue weighted by atomic mass is 79.9. The van der Waals surface area contributed by atoms with E-state index in [1.807, 2.05) is 24.3 Å². The second kappa shape index (κ2) is 4.10. The first-order valence-corrected chi connectivity index (χ1v) is 4.39. The van der Waals surface area contributed by atoms with Crippen LogP contribution in [-0.4, -0.2) is 4.63 Å². The zero-order valence-corrected chi connectivity index (χ0v) is 8.49. The number of nitrogens with zero attached hydrogens (tertiary/aromatic N) is 1. The molecule has 0 N–H and O–H groups in total. The van der Waals surface area contributed by atoms with Crippen LogP contribution in [0.25, 0.3) is 0 Å². The monoisotopic (exact) mass is 251 g/mol. The highest BCUT2D eigenvalue weighted by Crippen LogP contribution is 2.25. The predicted octanol–water partition coefficient (Wildman–Crippen LogP) is 3.91. The summed E-state index contributed by atoms with van der Waals surface area (Å²) in [7, 11) is 0. The van der Waals surface area contributed by atoms with Crippen molar-refractivity contribution in [2.75, 3.05) is 0 Å². The van der Waals surface area contributed by atoms with Crippen LogP contribution in [0, 0.1) is 0 Å². The number of hydrogen-bond donors (Lipinski definition) is 0. The maximum atomic E-state index is 5.38. The zero-order chi connectivity index (χ0) is 8.27. The van der Waals surface area contributed by atoms with Crippen LogP contribution in [-0.2, 0) is 0 Å². The summed E-state index contributed by atoms with van der Waals surface area (Å²) < 4.78 is 0.885. The maximum absolute atomic E-state index is 5.38. The van der Waals surface area contributed by atoms with Gasteiger partial charge in [0.15, 0.2) is 4.63 Å². The van der Waals surface area contributed by atoms with Crippen molar-refractivity contribution in [2.24, 2.45) is 4.99 Å². The van der Waals surface area contributed by atoms with E-state index in [1.54, 1.807) is 0 Å². The molecule has 0 aliphatic carbocycles. The van der Waals surface area contributed by atoms with Crippen molar-refractivity contribution in [3.8, 4) is 0 Å². The molecule has 1 rings (SSSR count). The molecule has 58 valence electrons. The van der Waals surface area contributed by atoms with Gasteiger partial charge in [-0.1, -0.05) is 12.1 Å². The molecule has 1 aromatic rings. The van der Waals surface area contributed by atoms with E-state index in [-0.39, 0.29) is 4.63 Å². The molecule has 1 aromatic carbocycles. The summed E-state index contributed by atoms with van der Waals surface area (Å²) in [5, 5.41) is 0. The fourth-order valence-electron chi connectivity index (χ4n) is 0.633. The van der Waals surface area contributed by atoms with Gasteiger partial charge in [0.05, 0.1) is 5.69 Å². The van der Waals surface area contributed by atoms with Crippen molar-refractivity contribution in [1.29, 1.82) is 0 Å². The first-order chi connectivity index (χ1) is 5.20. The Morgan fingerprint density at radius 1 is 1.27 bits per heavy atom. The molecular formula is C7H4BrCl2N. The number of para-hydroxylation sites is 1. The Morgan fingerprint density at radius 2 is 1.91 bits per heavy atom. The van der Waals surface area contributed by atoms with E-state index in [0.717, 1.165) is 10.2 Å². The van der Waals surface area contributed by atoms with Crippen molar-refractivity contribution < 1.29 is 0 Å². The van der Waals surface area contributed by atoms with Crippen molar-refractivity contribution in [3.63, 3.8) is 0 Å². The molecule has 0 saturated carbocycles. The van der Waals surface area contributed by atoms with Crippen LogP contribution in [0.3, 0.4) is 0 Å². The first kappa shape index (κ1) is 9.04. The van der Waals surface area contributed by atoms with Crippen LogP contribution in [0.5, 0.6) is 0 Å². The Labute approximate surface area is 83.2 Å². The number of aliphatic imine (C=N–C) groups is 1. The lowest BCUT2D eigenvalue weighted by Crippen LogP contribution is -1.71. The quantitative estimate of drug-likeness (QED) is 0.672. The lowest BCUT2D eigenvalue weighted by molar-refractivity contribution is 1.51. The van der Waals surface area contributed by atoms with Gasteiger partial charge in [0.25, 0.3) is 0 Å². The molecule has 0 heterocycles. The van der Waals surface area contributed by atoms with E-state index >= 15 is 0 Å². The number of halogens is 3. The lowest BCUT2D eigenvalue weighted by atomic mass is 10.3. The average Bonchev–Trinajstić information content (AvgIpc) is 1.93. The van der Waals surface area contributed by atoms with Crippen LogP contribution < -0.4 is 0 Å². The number of rotatable bonds is 1. The van der Waals surface area contributed by atoms with Crippen molar-refractivity contribution in [3.05, 3.63) is 28.7 Å². The highest BCUT2D eigenvalue weighted by molar-refractivity contribution is 9.10. The van der Waals surface area contributed by atoms with Gasteiger partial charge in [-0.05, 0) is 51.3 Å². The average molecular weight is 253 g/mol. The summed E-state index contributed by atoms with van der Waals surface area (Å²) in [5.41, 5.74) is 0.729. The standard InChI is InChI=1S/C7H4BrCl2N/c8-5-3-1-2-4-6(5)11-7(9)10/h1-4H. The van der Waals surface area contributed by atoms with Crippen LogP contribution >= 0.6 is 39.1 Å². The van der Waals surface area contributed by atoms with Crippen LogP contribution in [0.4, 0.5) is 5.69 Å². The molecule has 0 aliphatic rings. The SMILES string of the molecule is ClC(Cl)=Nc1ccccc1Br. The predicted molar refractivity (Wildman–Crippen MR) is 52.9 cm³/mol. The van der Waals surface area contributed by atoms with E-state index in [4.69, 9.17) is 23.2 Å². The van der Waals surface area contributed by atoms with E-state index in [1.165, 1.54) is 0 Å². The Bertz CT molecular complexity index is 282. The van der Waals surface area contributed by atoms with Gasteiger partial charge in [-0.25, -0.2) is 4.99 Å². The maximum Gasteiger partial charge on any atom is 0.197 e. The number of benzene rings is 1. The molecule has 4 heteroatoms. The molecule has 0 unspecified atom stereocenters. The summed E-state index contributed by atoms with van der Waals surface area (Å²) in [5.74, 6) is 0. The van der Waals surface area contributed by atoms with Gasteiger partial charge in [-0.2, -0.15) is 0 Å². The third-order valence-corrected chi connectivity index (χ3v) is 1.90. The van der Waals surface area contributed by atoms with Gasteiger partial charge in [0.1, 0.15) is 0 Å². The van der Waals surface area contributed by atoms with E-state index in [2.05, 4.69) is 20.9 Å². The largest absolute Gasteiger partial charge is 0.224 e. The molecule has 0 saturated heterocycles. The first-order valence-electron chi connectivity index (χ1n) is 2.84. The molecular weight excluding hydrogens is 249 g/mol. The minimum atomic E-state index is 0.0110. The summed E-state index contributed by atoms with van der Waals surface area (Å²) in [4.78, 5) is 3.86. The fraction of sp³-hybridized carbons (Fsp3) is 0. The zero-order valence-electron chi connectivity index (χ0n) is 5.39. The van der Waals surface area contributed by atoms with Crippen molar-refractivity contribution in [1.82, 2.24) is 0 Å². The molecule has 0 fully saturated rings. The Morgan fingerprint density at radius 3 is 2.45 bits per heavy atom. The Hall–Kier alpha value is -0.0500. The lowest BCUT2D eigenvalue weighted by Gasteiger charge is -1.94. The molecule has 0 aromatic heterocycles. The van der Waals surface area contributed by atoms with Crippen molar-refractivity contribution in [2.45, 2.75) is 0 Å². The van der Waals surface area contributed by atoms with Crippen LogP contribution in [0.15, 0.2) is 33.7 Å². The molecule has 0 amide bonds. The third-order valence-electron chi connectivity index (χ3n) is 1.06. The highest BCUT2D eigenvalue weighted by Gasteiger charge is 1.95. The molecule has 11 heavy (non-hydrogen) atoms. The summed E-state index contributed by atoms with van der Waals surface area (Å²) in [6.45, 7) is 0. The molecule has 1 nitrogen and oxygen atoms in total. The Kier molecular flexibility index (Phi) is 3.37. The van der Waals surface area contributed by atoms with Crippen LogP contribution in [0.1, 0.15) is 0 Å². The summed E-state index contributed by atoms with van der Waals surface area (Å²) in [6.07, 6.45) is 0. The molecule has 0 spiro atoms. The molecule has 0 atom stereocenters. The van der Waals surface area contributed by atoms with E-state index in [9.17, 15) is 0 Å². The smallest absolute Gasteiger partial charge is 0.197 e. The second-order valence-corrected chi connectivity index (χ2v) is 3.57. The fourth-order valence-corrected chi connectivity index (χ4v) is 1.19. The van der Waals surface area contributed by atoms with Gasteiger partial charge in [-0.15, -0.1) is 0 Å². The van der Waals surface area contributed by atoms with Crippen LogP contribution in [0.2, 0.25) is 0 Å². The van der Waals surface area contributed by atoms with Gasteiger partial charge in [0, 0.05) is 4.47 Å². The van der Waals surface area contributed by atoms with Gasteiger partial charge in [-0.3, -0.25) is 0 Å². The van der Waals surface area contributed by atoms with Gasteiger partial charge < -0.3 is 0 Å². The van der Waals surface area contributed by atoms with Crippen molar-refractivity contribution >= 4 is 49.4 Å². The Balaban J connectivity index is 3.04. The molecule has 0 aliphatic heterocycles. The van der Waals surface area contributed by atoms with Gasteiger partial charge in [0.2, 0.25) is 0 Å². The minimum absolute atomic E-state index is 0.0110. The molecule has 0 bridgehead atoms. The normalized spacial score (nSPS) is 9.36. The minimum Gasteiger partial charge on any atom is -0.224 e. The van der Waals surface area contributed by atoms with Gasteiger partial charge >= 0.3 is 0 Å². The summed E-state index contributed by atoms with van der Waals surface area (Å²) in [6, 6.07) is 7.44. The summed E-state index contributed by atoms with van der Waals surface area (Å²) >= 11 is 14.1. The topological polar surface area (TPSA) is 12.4 Å². The number of hydrogen-bond acceptors (Lipinski definition) is 1. The molecule has 0 radical (unpaired) electrons. The van der Waals surface area contributed by atoms with E-state index in [0.29, 0.717) is 0 Å². The third kappa shape index (κ3) is 2.81. The second-order valence-electron chi connectivity index (χ2n) is 1.80. The van der Waals surface area contributed by atoms with E-state index < -0.39 is 0 Å².